The summed E-state index contributed by atoms with van der Waals surface area (Å²) in [4.78, 5) is 12.5. The Hall–Kier alpha value is -2.43. The van der Waals surface area contributed by atoms with Gasteiger partial charge < -0.3 is 19.5 Å². The van der Waals surface area contributed by atoms with Gasteiger partial charge in [0.1, 0.15) is 0 Å². The van der Waals surface area contributed by atoms with E-state index in [4.69, 9.17) is 14.2 Å². The maximum atomic E-state index is 12.5. The molecule has 0 aliphatic rings. The van der Waals surface area contributed by atoms with E-state index in [-0.39, 0.29) is 12.0 Å². The van der Waals surface area contributed by atoms with Gasteiger partial charge in [0.2, 0.25) is 0 Å². The van der Waals surface area contributed by atoms with Crippen molar-refractivity contribution in [2.45, 2.75) is 33.7 Å². The van der Waals surface area contributed by atoms with Crippen LogP contribution in [0.4, 0.5) is 5.69 Å². The van der Waals surface area contributed by atoms with E-state index in [9.17, 15) is 4.79 Å². The van der Waals surface area contributed by atoms with Crippen molar-refractivity contribution in [2.75, 3.05) is 26.1 Å². The molecular weight excluding hydrogens is 306 g/mol. The number of fused-ring (bicyclic) bond motifs is 1. The Kier molecular flexibility index (Phi) is 5.54. The molecule has 24 heavy (non-hydrogen) atoms. The number of carbonyl (C=O) groups is 1. The average Bonchev–Trinajstić information content (AvgIpc) is 2.53. The first-order valence-electron chi connectivity index (χ1n) is 8.05. The molecule has 5 heteroatoms. The van der Waals surface area contributed by atoms with E-state index >= 15 is 0 Å². The highest BCUT2D eigenvalue weighted by molar-refractivity contribution is 6.10. The summed E-state index contributed by atoms with van der Waals surface area (Å²) in [5.74, 6) is 0.871. The summed E-state index contributed by atoms with van der Waals surface area (Å²) >= 11 is 0. The third-order valence-corrected chi connectivity index (χ3v) is 3.76. The highest BCUT2D eigenvalue weighted by Gasteiger charge is 2.20. The summed E-state index contributed by atoms with van der Waals surface area (Å²) < 4.78 is 16.1. The molecule has 0 aliphatic carbocycles. The minimum absolute atomic E-state index is 0.258. The average molecular weight is 331 g/mol. The van der Waals surface area contributed by atoms with E-state index in [1.54, 1.807) is 21.1 Å². The van der Waals surface area contributed by atoms with Gasteiger partial charge in [-0.05, 0) is 51.5 Å². The number of esters is 1. The van der Waals surface area contributed by atoms with Crippen LogP contribution >= 0.6 is 0 Å². The molecule has 0 saturated heterocycles. The monoisotopic (exact) mass is 331 g/mol. The van der Waals surface area contributed by atoms with Crippen molar-refractivity contribution < 1.29 is 19.0 Å². The van der Waals surface area contributed by atoms with Crippen LogP contribution in [0.15, 0.2) is 18.2 Å². The predicted octanol–water partition coefficient (Wildman–Crippen LogP) is 4.16. The molecule has 0 saturated carbocycles. The number of aryl methyl sites for hydroxylation is 1. The molecule has 0 spiro atoms. The molecule has 0 unspecified atom stereocenters. The summed E-state index contributed by atoms with van der Waals surface area (Å²) in [6.45, 7) is 8.18. The van der Waals surface area contributed by atoms with Crippen molar-refractivity contribution in [3.05, 3.63) is 29.3 Å². The molecule has 2 rings (SSSR count). The van der Waals surface area contributed by atoms with Gasteiger partial charge in [-0.1, -0.05) is 0 Å². The Morgan fingerprint density at radius 1 is 1.08 bits per heavy atom. The molecule has 0 amide bonds. The van der Waals surface area contributed by atoms with Crippen LogP contribution in [0.5, 0.6) is 11.5 Å². The van der Waals surface area contributed by atoms with Gasteiger partial charge in [-0.15, -0.1) is 0 Å². The Labute approximate surface area is 142 Å². The second-order valence-corrected chi connectivity index (χ2v) is 5.89. The number of benzene rings is 2. The Morgan fingerprint density at radius 3 is 2.17 bits per heavy atom. The fraction of sp³-hybridized carbons (Fsp3) is 0.421. The lowest BCUT2D eigenvalue weighted by Crippen LogP contribution is -2.13. The van der Waals surface area contributed by atoms with Gasteiger partial charge in [-0.25, -0.2) is 4.79 Å². The number of ether oxygens (including phenoxy) is 3. The van der Waals surface area contributed by atoms with Crippen molar-refractivity contribution in [1.82, 2.24) is 0 Å². The van der Waals surface area contributed by atoms with Crippen LogP contribution in [0.2, 0.25) is 0 Å². The lowest BCUT2D eigenvalue weighted by Gasteiger charge is -2.19. The summed E-state index contributed by atoms with van der Waals surface area (Å²) in [6.07, 6.45) is 0. The van der Waals surface area contributed by atoms with E-state index in [2.05, 4.69) is 19.2 Å². The number of methoxy groups -OCH3 is 2. The summed E-state index contributed by atoms with van der Waals surface area (Å²) in [6, 6.07) is 5.95. The highest BCUT2D eigenvalue weighted by atomic mass is 16.5. The number of nitrogens with one attached hydrogen (secondary N) is 1. The molecule has 0 heterocycles. The van der Waals surface area contributed by atoms with Crippen molar-refractivity contribution in [3.63, 3.8) is 0 Å². The fourth-order valence-corrected chi connectivity index (χ4v) is 2.79. The lowest BCUT2D eigenvalue weighted by atomic mass is 9.97. The van der Waals surface area contributed by atoms with Gasteiger partial charge in [0.15, 0.2) is 11.5 Å². The number of hydrogen-bond acceptors (Lipinski definition) is 5. The minimum Gasteiger partial charge on any atom is -0.493 e. The first-order valence-corrected chi connectivity index (χ1v) is 8.05. The van der Waals surface area contributed by atoms with Crippen molar-refractivity contribution in [2.24, 2.45) is 0 Å². The lowest BCUT2D eigenvalue weighted by molar-refractivity contribution is 0.0528. The minimum atomic E-state index is -0.330. The quantitative estimate of drug-likeness (QED) is 0.805. The van der Waals surface area contributed by atoms with Gasteiger partial charge in [0.25, 0.3) is 0 Å². The molecule has 2 aromatic carbocycles. The molecule has 0 fully saturated rings. The molecular formula is C19H25NO4. The van der Waals surface area contributed by atoms with Crippen molar-refractivity contribution >= 4 is 22.4 Å². The first kappa shape index (κ1) is 17.9. The maximum Gasteiger partial charge on any atom is 0.339 e. The molecule has 1 N–H and O–H groups in total. The van der Waals surface area contributed by atoms with Crippen LogP contribution in [-0.4, -0.2) is 32.8 Å². The summed E-state index contributed by atoms with van der Waals surface area (Å²) in [7, 11) is 3.18. The zero-order chi connectivity index (χ0) is 17.9. The SMILES string of the molecule is CCOC(=O)c1c(C)cc(NC(C)C)c2cc(OC)c(OC)cc12. The van der Waals surface area contributed by atoms with E-state index in [1.807, 2.05) is 25.1 Å². The van der Waals surface area contributed by atoms with Crippen LogP contribution in [0.1, 0.15) is 36.7 Å². The van der Waals surface area contributed by atoms with E-state index in [0.717, 1.165) is 22.0 Å². The van der Waals surface area contributed by atoms with Gasteiger partial charge in [0.05, 0.1) is 26.4 Å². The second kappa shape index (κ2) is 7.43. The number of anilines is 1. The zero-order valence-corrected chi connectivity index (χ0v) is 15.1. The van der Waals surface area contributed by atoms with Gasteiger partial charge in [-0.2, -0.15) is 0 Å². The summed E-state index contributed by atoms with van der Waals surface area (Å²) in [5.41, 5.74) is 2.37. The van der Waals surface area contributed by atoms with Crippen molar-refractivity contribution in [1.29, 1.82) is 0 Å². The third kappa shape index (κ3) is 3.40. The van der Waals surface area contributed by atoms with Crippen LogP contribution in [0.25, 0.3) is 10.8 Å². The second-order valence-electron chi connectivity index (χ2n) is 5.89. The smallest absolute Gasteiger partial charge is 0.339 e. The topological polar surface area (TPSA) is 56.8 Å². The first-order chi connectivity index (χ1) is 11.4. The molecule has 0 aromatic heterocycles. The fourth-order valence-electron chi connectivity index (χ4n) is 2.79. The molecule has 0 bridgehead atoms. The van der Waals surface area contributed by atoms with E-state index in [1.165, 1.54) is 0 Å². The molecule has 5 nitrogen and oxygen atoms in total. The van der Waals surface area contributed by atoms with Crippen LogP contribution in [-0.2, 0) is 4.74 Å². The molecule has 0 aliphatic heterocycles. The largest absolute Gasteiger partial charge is 0.493 e. The predicted molar refractivity (Wildman–Crippen MR) is 96.5 cm³/mol. The number of hydrogen-bond donors (Lipinski definition) is 1. The molecule has 2 aromatic rings. The molecule has 0 atom stereocenters. The number of carbonyl (C=O) groups excluding carboxylic acids is 1. The number of rotatable bonds is 6. The molecule has 0 radical (unpaired) electrons. The van der Waals surface area contributed by atoms with Gasteiger partial charge in [-0.3, -0.25) is 0 Å². The normalized spacial score (nSPS) is 10.8. The maximum absolute atomic E-state index is 12.5. The van der Waals surface area contributed by atoms with E-state index in [0.29, 0.717) is 23.7 Å². The Bertz CT molecular complexity index is 753. The van der Waals surface area contributed by atoms with E-state index < -0.39 is 0 Å². The Balaban J connectivity index is 2.82. The van der Waals surface area contributed by atoms with Gasteiger partial charge >= 0.3 is 5.97 Å². The van der Waals surface area contributed by atoms with Crippen molar-refractivity contribution in [3.8, 4) is 11.5 Å². The van der Waals surface area contributed by atoms with Crippen LogP contribution < -0.4 is 14.8 Å². The van der Waals surface area contributed by atoms with Crippen LogP contribution in [0, 0.1) is 6.92 Å². The van der Waals surface area contributed by atoms with Crippen LogP contribution in [0.3, 0.4) is 0 Å². The third-order valence-electron chi connectivity index (χ3n) is 3.76. The summed E-state index contributed by atoms with van der Waals surface area (Å²) in [5, 5.41) is 5.11. The zero-order valence-electron chi connectivity index (χ0n) is 15.1. The Morgan fingerprint density at radius 2 is 1.67 bits per heavy atom. The van der Waals surface area contributed by atoms with Gasteiger partial charge in [0, 0.05) is 22.5 Å². The standard InChI is InChI=1S/C19H25NO4/c1-7-24-19(21)18-12(4)8-15(20-11(2)3)13-9-16(22-5)17(23-6)10-14(13)18/h8-11,20H,7H2,1-6H3. The molecule has 130 valence electrons. The highest BCUT2D eigenvalue weighted by Crippen LogP contribution is 2.38.